The molecule has 3 heterocycles. The molecule has 26 heavy (non-hydrogen) atoms. The van der Waals surface area contributed by atoms with Gasteiger partial charge in [0.25, 0.3) is 5.91 Å². The van der Waals surface area contributed by atoms with Gasteiger partial charge in [0.2, 0.25) is 10.0 Å². The molecule has 1 unspecified atom stereocenters. The van der Waals surface area contributed by atoms with Gasteiger partial charge < -0.3 is 4.90 Å². The highest BCUT2D eigenvalue weighted by Crippen LogP contribution is 2.36. The average Bonchev–Trinajstić information content (AvgIpc) is 3.25. The number of hydrogen-bond acceptors (Lipinski definition) is 4. The summed E-state index contributed by atoms with van der Waals surface area (Å²) >= 11 is 1.76. The lowest BCUT2D eigenvalue weighted by Gasteiger charge is -2.35. The lowest BCUT2D eigenvalue weighted by Crippen LogP contribution is -2.39. The molecule has 0 bridgehead atoms. The molecule has 1 saturated heterocycles. The number of amides is 1. The fraction of sp³-hybridized carbons (Fsp3) is 0.421. The average molecular weight is 391 g/mol. The lowest BCUT2D eigenvalue weighted by atomic mass is 9.97. The Kier molecular flexibility index (Phi) is 4.52. The van der Waals surface area contributed by atoms with E-state index in [2.05, 4.69) is 18.4 Å². The Morgan fingerprint density at radius 1 is 1.27 bits per heavy atom. The number of sulfonamides is 1. The van der Waals surface area contributed by atoms with Crippen LogP contribution in [0.5, 0.6) is 0 Å². The van der Waals surface area contributed by atoms with Crippen molar-refractivity contribution in [2.24, 2.45) is 0 Å². The molecular weight excluding hydrogens is 368 g/mol. The third-order valence-corrected chi connectivity index (χ3v) is 8.09. The van der Waals surface area contributed by atoms with Crippen LogP contribution in [0, 0.1) is 0 Å². The molecule has 0 saturated carbocycles. The van der Waals surface area contributed by atoms with Crippen LogP contribution in [-0.2, 0) is 16.4 Å². The highest BCUT2D eigenvalue weighted by atomic mass is 32.2. The molecular formula is C19H22N2O3S2. The number of rotatable bonds is 3. The summed E-state index contributed by atoms with van der Waals surface area (Å²) in [6.45, 7) is 3.29. The smallest absolute Gasteiger partial charge is 0.254 e. The van der Waals surface area contributed by atoms with Crippen molar-refractivity contribution in [2.75, 3.05) is 23.1 Å². The van der Waals surface area contributed by atoms with Crippen molar-refractivity contribution in [2.45, 2.75) is 32.2 Å². The summed E-state index contributed by atoms with van der Waals surface area (Å²) in [7, 11) is -3.25. The fourth-order valence-electron chi connectivity index (χ4n) is 3.97. The number of nitrogens with zero attached hydrogens (tertiary/aromatic N) is 2. The Hall–Kier alpha value is -1.86. The topological polar surface area (TPSA) is 57.7 Å². The van der Waals surface area contributed by atoms with E-state index in [4.69, 9.17) is 0 Å². The fourth-order valence-corrected chi connectivity index (χ4v) is 6.45. The van der Waals surface area contributed by atoms with Crippen LogP contribution in [-0.4, -0.2) is 38.1 Å². The predicted octanol–water partition coefficient (Wildman–Crippen LogP) is 3.44. The number of benzene rings is 1. The van der Waals surface area contributed by atoms with Crippen molar-refractivity contribution in [3.8, 4) is 0 Å². The maximum absolute atomic E-state index is 13.2. The van der Waals surface area contributed by atoms with Gasteiger partial charge in [-0.2, -0.15) is 0 Å². The van der Waals surface area contributed by atoms with Crippen LogP contribution < -0.4 is 4.31 Å². The molecule has 0 N–H and O–H groups in total. The summed E-state index contributed by atoms with van der Waals surface area (Å²) in [6.07, 6.45) is 2.39. The second-order valence-corrected chi connectivity index (χ2v) is 9.78. The van der Waals surface area contributed by atoms with Crippen LogP contribution in [0.25, 0.3) is 0 Å². The van der Waals surface area contributed by atoms with Crippen molar-refractivity contribution < 1.29 is 13.2 Å². The Morgan fingerprint density at radius 3 is 2.85 bits per heavy atom. The zero-order chi connectivity index (χ0) is 18.3. The van der Waals surface area contributed by atoms with Gasteiger partial charge in [0.1, 0.15) is 0 Å². The van der Waals surface area contributed by atoms with Crippen molar-refractivity contribution in [1.29, 1.82) is 0 Å². The largest absolute Gasteiger partial charge is 0.331 e. The van der Waals surface area contributed by atoms with Crippen molar-refractivity contribution in [3.63, 3.8) is 0 Å². The van der Waals surface area contributed by atoms with Crippen molar-refractivity contribution in [1.82, 2.24) is 4.90 Å². The Morgan fingerprint density at radius 2 is 2.12 bits per heavy atom. The summed E-state index contributed by atoms with van der Waals surface area (Å²) in [6, 6.07) is 9.27. The molecule has 2 aliphatic rings. The zero-order valence-corrected chi connectivity index (χ0v) is 16.4. The molecule has 1 amide bonds. The van der Waals surface area contributed by atoms with Crippen molar-refractivity contribution >= 4 is 33.0 Å². The van der Waals surface area contributed by atoms with Gasteiger partial charge in [0, 0.05) is 23.5 Å². The number of carbonyl (C=O) groups excluding carboxylic acids is 1. The summed E-state index contributed by atoms with van der Waals surface area (Å²) in [4.78, 5) is 16.5. The van der Waals surface area contributed by atoms with E-state index < -0.39 is 10.0 Å². The Balaban J connectivity index is 1.64. The van der Waals surface area contributed by atoms with E-state index in [1.165, 1.54) is 14.7 Å². The zero-order valence-electron chi connectivity index (χ0n) is 14.7. The minimum absolute atomic E-state index is 0.0212. The molecule has 2 aromatic rings. The predicted molar refractivity (Wildman–Crippen MR) is 104 cm³/mol. The van der Waals surface area contributed by atoms with Gasteiger partial charge in [-0.05, 0) is 54.5 Å². The first-order valence-electron chi connectivity index (χ1n) is 8.99. The molecule has 4 rings (SSSR count). The maximum Gasteiger partial charge on any atom is 0.254 e. The van der Waals surface area contributed by atoms with Gasteiger partial charge in [0.15, 0.2) is 0 Å². The van der Waals surface area contributed by atoms with Gasteiger partial charge >= 0.3 is 0 Å². The molecule has 2 aliphatic heterocycles. The summed E-state index contributed by atoms with van der Waals surface area (Å²) in [5, 5.41) is 2.10. The molecule has 0 aliphatic carbocycles. The van der Waals surface area contributed by atoms with E-state index in [9.17, 15) is 13.2 Å². The number of thiophene rings is 1. The second kappa shape index (κ2) is 6.70. The molecule has 1 fully saturated rings. The summed E-state index contributed by atoms with van der Waals surface area (Å²) in [5.41, 5.74) is 2.41. The first-order chi connectivity index (χ1) is 12.5. The van der Waals surface area contributed by atoms with Crippen LogP contribution in [0.4, 0.5) is 5.69 Å². The summed E-state index contributed by atoms with van der Waals surface area (Å²) in [5.74, 6) is 0.156. The minimum Gasteiger partial charge on any atom is -0.331 e. The van der Waals surface area contributed by atoms with Crippen LogP contribution in [0.15, 0.2) is 35.7 Å². The Labute approximate surface area is 158 Å². The molecule has 1 atom stereocenters. The number of hydrogen-bond donors (Lipinski definition) is 0. The molecule has 0 spiro atoms. The molecule has 138 valence electrons. The monoisotopic (exact) mass is 390 g/mol. The third kappa shape index (κ3) is 2.93. The van der Waals surface area contributed by atoms with E-state index in [1.807, 2.05) is 4.90 Å². The van der Waals surface area contributed by atoms with Gasteiger partial charge in [-0.1, -0.05) is 13.0 Å². The number of fused-ring (bicyclic) bond motifs is 1. The highest BCUT2D eigenvalue weighted by molar-refractivity contribution is 7.93. The Bertz CT molecular complexity index is 936. The first kappa shape index (κ1) is 17.5. The number of anilines is 1. The quantitative estimate of drug-likeness (QED) is 0.807. The number of carbonyl (C=O) groups is 1. The van der Waals surface area contributed by atoms with Gasteiger partial charge in [-0.25, -0.2) is 8.42 Å². The molecule has 7 heteroatoms. The van der Waals surface area contributed by atoms with Crippen molar-refractivity contribution in [3.05, 3.63) is 51.7 Å². The van der Waals surface area contributed by atoms with Crippen LogP contribution in [0.2, 0.25) is 0 Å². The van der Waals surface area contributed by atoms with E-state index in [-0.39, 0.29) is 17.7 Å². The highest BCUT2D eigenvalue weighted by Gasteiger charge is 2.32. The van der Waals surface area contributed by atoms with Gasteiger partial charge in [-0.15, -0.1) is 11.3 Å². The van der Waals surface area contributed by atoms with Gasteiger partial charge in [-0.3, -0.25) is 9.10 Å². The molecule has 5 nitrogen and oxygen atoms in total. The van der Waals surface area contributed by atoms with Crippen LogP contribution >= 0.6 is 11.3 Å². The summed E-state index contributed by atoms with van der Waals surface area (Å²) < 4.78 is 25.8. The molecule has 1 aromatic heterocycles. The van der Waals surface area contributed by atoms with E-state index in [0.29, 0.717) is 30.8 Å². The van der Waals surface area contributed by atoms with E-state index in [1.54, 1.807) is 35.6 Å². The van der Waals surface area contributed by atoms with Gasteiger partial charge in [0.05, 0.1) is 17.5 Å². The maximum atomic E-state index is 13.2. The molecule has 0 radical (unpaired) electrons. The normalized spacial score (nSPS) is 21.7. The standard InChI is InChI=1S/C19H22N2O3S2/c1-2-17-16-8-11-25-18(16)7-10-20(17)19(22)14-5-3-6-15(13-14)21-9-4-12-26(21,23)24/h3,5-6,8,11,13,17H,2,4,7,9-10,12H2,1H3. The van der Waals surface area contributed by atoms with Crippen LogP contribution in [0.1, 0.15) is 46.6 Å². The lowest BCUT2D eigenvalue weighted by molar-refractivity contribution is 0.0657. The second-order valence-electron chi connectivity index (χ2n) is 6.76. The minimum atomic E-state index is -3.25. The SMILES string of the molecule is CCC1c2ccsc2CCN1C(=O)c1cccc(N2CCCS2(=O)=O)c1. The van der Waals surface area contributed by atoms with E-state index in [0.717, 1.165) is 12.8 Å². The van der Waals surface area contributed by atoms with Crippen LogP contribution in [0.3, 0.4) is 0 Å². The third-order valence-electron chi connectivity index (χ3n) is 5.22. The first-order valence-corrected chi connectivity index (χ1v) is 11.5. The van der Waals surface area contributed by atoms with E-state index >= 15 is 0 Å². The molecule has 1 aromatic carbocycles.